The number of anilines is 2. The van der Waals surface area contributed by atoms with Gasteiger partial charge in [-0.25, -0.2) is 0 Å². The number of carbonyl (C=O) groups excluding carboxylic acids is 2. The molecule has 0 atom stereocenters. The van der Waals surface area contributed by atoms with E-state index in [0.29, 0.717) is 24.4 Å². The molecular weight excluding hydrogens is 448 g/mol. The average molecular weight is 475 g/mol. The fourth-order valence-corrected chi connectivity index (χ4v) is 4.00. The van der Waals surface area contributed by atoms with E-state index in [4.69, 9.17) is 17.0 Å². The highest BCUT2D eigenvalue weighted by Crippen LogP contribution is 2.20. The molecule has 7 nitrogen and oxygen atoms in total. The normalized spacial score (nSPS) is 13.2. The van der Waals surface area contributed by atoms with Crippen LogP contribution in [0.3, 0.4) is 0 Å². The van der Waals surface area contributed by atoms with Crippen LogP contribution in [-0.4, -0.2) is 55.1 Å². The fraction of sp³-hybridized carbons (Fsp3) is 0.192. The van der Waals surface area contributed by atoms with Gasteiger partial charge in [0.2, 0.25) is 0 Å². The van der Waals surface area contributed by atoms with Gasteiger partial charge in [-0.05, 0) is 66.8 Å². The third kappa shape index (κ3) is 5.71. The lowest BCUT2D eigenvalue weighted by atomic mass is 10.1. The lowest BCUT2D eigenvalue weighted by molar-refractivity contribution is 0.0746. The Bertz CT molecular complexity index is 1160. The Hall–Kier alpha value is -3.91. The number of amides is 2. The summed E-state index contributed by atoms with van der Waals surface area (Å²) in [5, 5.41) is 5.94. The van der Waals surface area contributed by atoms with Crippen molar-refractivity contribution >= 4 is 40.5 Å². The van der Waals surface area contributed by atoms with Crippen molar-refractivity contribution < 1.29 is 14.3 Å². The number of thiocarbonyl (C=S) groups is 1. The van der Waals surface area contributed by atoms with Crippen LogP contribution in [0.1, 0.15) is 20.7 Å². The van der Waals surface area contributed by atoms with Gasteiger partial charge in [-0.3, -0.25) is 14.9 Å². The van der Waals surface area contributed by atoms with Crippen LogP contribution in [0, 0.1) is 0 Å². The van der Waals surface area contributed by atoms with Gasteiger partial charge in [-0.2, -0.15) is 0 Å². The molecular formula is C26H26N4O3S. The lowest BCUT2D eigenvalue weighted by Gasteiger charge is -2.36. The molecule has 0 unspecified atom stereocenters. The van der Waals surface area contributed by atoms with Crippen molar-refractivity contribution in [3.05, 3.63) is 90.0 Å². The zero-order chi connectivity index (χ0) is 23.9. The van der Waals surface area contributed by atoms with Gasteiger partial charge >= 0.3 is 0 Å². The van der Waals surface area contributed by atoms with Gasteiger partial charge in [-0.15, -0.1) is 0 Å². The van der Waals surface area contributed by atoms with Crippen LogP contribution in [0.25, 0.3) is 0 Å². The minimum Gasteiger partial charge on any atom is -0.497 e. The molecule has 8 heteroatoms. The number of piperazine rings is 1. The quantitative estimate of drug-likeness (QED) is 0.549. The Kier molecular flexibility index (Phi) is 7.39. The number of benzene rings is 3. The minimum atomic E-state index is -0.309. The number of rotatable bonds is 5. The molecule has 2 N–H and O–H groups in total. The van der Waals surface area contributed by atoms with Crippen LogP contribution >= 0.6 is 12.2 Å². The number of nitrogens with one attached hydrogen (secondary N) is 2. The van der Waals surface area contributed by atoms with Crippen LogP contribution in [0.5, 0.6) is 5.75 Å². The van der Waals surface area contributed by atoms with Crippen molar-refractivity contribution in [1.29, 1.82) is 0 Å². The van der Waals surface area contributed by atoms with Crippen LogP contribution < -0.4 is 20.3 Å². The molecule has 0 aromatic heterocycles. The number of carbonyl (C=O) groups is 2. The smallest absolute Gasteiger partial charge is 0.257 e. The molecule has 0 radical (unpaired) electrons. The third-order valence-corrected chi connectivity index (χ3v) is 5.84. The maximum absolute atomic E-state index is 12.6. The number of hydrogen-bond acceptors (Lipinski definition) is 5. The summed E-state index contributed by atoms with van der Waals surface area (Å²) in [6, 6.07) is 24.1. The largest absolute Gasteiger partial charge is 0.497 e. The summed E-state index contributed by atoms with van der Waals surface area (Å²) in [7, 11) is 1.55. The Morgan fingerprint density at radius 1 is 0.853 bits per heavy atom. The monoisotopic (exact) mass is 474 g/mol. The molecule has 34 heavy (non-hydrogen) atoms. The predicted molar refractivity (Wildman–Crippen MR) is 138 cm³/mol. The highest BCUT2D eigenvalue weighted by molar-refractivity contribution is 7.80. The van der Waals surface area contributed by atoms with E-state index in [1.165, 1.54) is 0 Å². The first-order valence-corrected chi connectivity index (χ1v) is 11.4. The van der Waals surface area contributed by atoms with Crippen LogP contribution in [0.4, 0.5) is 11.4 Å². The summed E-state index contributed by atoms with van der Waals surface area (Å²) in [5.74, 6) is 0.368. The highest BCUT2D eigenvalue weighted by Gasteiger charge is 2.22. The minimum absolute atomic E-state index is 0.0734. The lowest BCUT2D eigenvalue weighted by Crippen LogP contribution is -2.48. The molecule has 0 spiro atoms. The zero-order valence-corrected chi connectivity index (χ0v) is 19.7. The average Bonchev–Trinajstić information content (AvgIpc) is 2.89. The summed E-state index contributed by atoms with van der Waals surface area (Å²) in [5.41, 5.74) is 3.03. The second kappa shape index (κ2) is 10.8. The van der Waals surface area contributed by atoms with Crippen molar-refractivity contribution in [3.8, 4) is 5.75 Å². The van der Waals surface area contributed by atoms with Gasteiger partial charge in [0.15, 0.2) is 5.11 Å². The summed E-state index contributed by atoms with van der Waals surface area (Å²) >= 11 is 5.29. The van der Waals surface area contributed by atoms with Gasteiger partial charge in [0.25, 0.3) is 11.8 Å². The number of hydrogen-bond donors (Lipinski definition) is 2. The molecule has 2 amide bonds. The van der Waals surface area contributed by atoms with Crippen molar-refractivity contribution in [3.63, 3.8) is 0 Å². The van der Waals surface area contributed by atoms with Crippen LogP contribution in [0.15, 0.2) is 78.9 Å². The topological polar surface area (TPSA) is 73.9 Å². The van der Waals surface area contributed by atoms with E-state index in [1.807, 2.05) is 59.5 Å². The molecule has 3 aromatic rings. The van der Waals surface area contributed by atoms with Crippen molar-refractivity contribution in [2.45, 2.75) is 0 Å². The van der Waals surface area contributed by atoms with Crippen molar-refractivity contribution in [2.75, 3.05) is 43.5 Å². The van der Waals surface area contributed by atoms with E-state index in [-0.39, 0.29) is 16.9 Å². The molecule has 3 aromatic carbocycles. The van der Waals surface area contributed by atoms with E-state index in [9.17, 15) is 9.59 Å². The van der Waals surface area contributed by atoms with E-state index in [2.05, 4.69) is 15.5 Å². The number of ether oxygens (including phenoxy) is 1. The van der Waals surface area contributed by atoms with Gasteiger partial charge in [-0.1, -0.05) is 24.3 Å². The molecule has 1 aliphatic rings. The fourth-order valence-electron chi connectivity index (χ4n) is 3.79. The summed E-state index contributed by atoms with van der Waals surface area (Å²) < 4.78 is 5.15. The Balaban J connectivity index is 1.28. The standard InChI is InChI=1S/C26H26N4O3S/c1-33-23-9-5-8-20(18-23)24(31)28-26(34)27-21-10-12-22(13-11-21)29-14-16-30(17-15-29)25(32)19-6-3-2-4-7-19/h2-13,18H,14-17H2,1H3,(H2,27,28,31,34). The molecule has 1 saturated heterocycles. The SMILES string of the molecule is COc1cccc(C(=O)NC(=S)Nc2ccc(N3CCN(C(=O)c4ccccc4)CC3)cc2)c1. The molecule has 0 saturated carbocycles. The zero-order valence-electron chi connectivity index (χ0n) is 18.9. The van der Waals surface area contributed by atoms with Crippen LogP contribution in [0.2, 0.25) is 0 Å². The summed E-state index contributed by atoms with van der Waals surface area (Å²) in [6.45, 7) is 2.88. The maximum Gasteiger partial charge on any atom is 0.257 e. The van der Waals surface area contributed by atoms with Gasteiger partial charge in [0, 0.05) is 48.7 Å². The first-order valence-electron chi connectivity index (χ1n) is 11.0. The molecule has 0 aliphatic carbocycles. The molecule has 1 fully saturated rings. The molecule has 174 valence electrons. The first kappa shape index (κ1) is 23.3. The second-order valence-electron chi connectivity index (χ2n) is 7.83. The van der Waals surface area contributed by atoms with E-state index in [1.54, 1.807) is 31.4 Å². The molecule has 0 bridgehead atoms. The van der Waals surface area contributed by atoms with E-state index < -0.39 is 0 Å². The van der Waals surface area contributed by atoms with Crippen LogP contribution in [-0.2, 0) is 0 Å². The van der Waals surface area contributed by atoms with Gasteiger partial charge in [0.05, 0.1) is 7.11 Å². The highest BCUT2D eigenvalue weighted by atomic mass is 32.1. The van der Waals surface area contributed by atoms with E-state index in [0.717, 1.165) is 30.0 Å². The Morgan fingerprint density at radius 2 is 1.53 bits per heavy atom. The maximum atomic E-state index is 12.6. The first-order chi connectivity index (χ1) is 16.5. The third-order valence-electron chi connectivity index (χ3n) is 5.64. The number of methoxy groups -OCH3 is 1. The van der Waals surface area contributed by atoms with Crippen molar-refractivity contribution in [2.24, 2.45) is 0 Å². The Labute approximate surface area is 204 Å². The molecule has 1 heterocycles. The predicted octanol–water partition coefficient (Wildman–Crippen LogP) is 3.78. The van der Waals surface area contributed by atoms with E-state index >= 15 is 0 Å². The molecule has 1 aliphatic heterocycles. The number of nitrogens with zero attached hydrogens (tertiary/aromatic N) is 2. The summed E-state index contributed by atoms with van der Waals surface area (Å²) in [4.78, 5) is 29.2. The van der Waals surface area contributed by atoms with Gasteiger partial charge < -0.3 is 19.9 Å². The Morgan fingerprint density at radius 3 is 2.21 bits per heavy atom. The van der Waals surface area contributed by atoms with Crippen molar-refractivity contribution in [1.82, 2.24) is 10.2 Å². The summed E-state index contributed by atoms with van der Waals surface area (Å²) in [6.07, 6.45) is 0. The second-order valence-corrected chi connectivity index (χ2v) is 8.24. The molecule has 4 rings (SSSR count). The van der Waals surface area contributed by atoms with Gasteiger partial charge in [0.1, 0.15) is 5.75 Å².